The van der Waals surface area contributed by atoms with E-state index in [1.165, 1.54) is 6.07 Å². The van der Waals surface area contributed by atoms with Gasteiger partial charge in [-0.05, 0) is 12.1 Å². The Balaban J connectivity index is 2.46. The van der Waals surface area contributed by atoms with E-state index in [4.69, 9.17) is 11.6 Å². The van der Waals surface area contributed by atoms with Crippen LogP contribution in [0, 0.1) is 0 Å². The maximum Gasteiger partial charge on any atom is 0.346 e. The van der Waals surface area contributed by atoms with Crippen LogP contribution in [0.2, 0.25) is 5.02 Å². The lowest BCUT2D eigenvalue weighted by Gasteiger charge is -2.06. The zero-order chi connectivity index (χ0) is 12.2. The van der Waals surface area contributed by atoms with Crippen molar-refractivity contribution in [2.45, 2.75) is 6.29 Å². The molecule has 1 unspecified atom stereocenters. The van der Waals surface area contributed by atoms with Gasteiger partial charge in [0.05, 0.1) is 5.52 Å². The highest BCUT2D eigenvalue weighted by Crippen LogP contribution is 2.38. The number of benzene rings is 1. The van der Waals surface area contributed by atoms with Gasteiger partial charge in [0, 0.05) is 16.0 Å². The number of ether oxygens (including phenoxy) is 1. The van der Waals surface area contributed by atoms with Crippen LogP contribution in [0.5, 0.6) is 5.88 Å². The summed E-state index contributed by atoms with van der Waals surface area (Å²) < 4.78 is 4.63. The van der Waals surface area contributed by atoms with E-state index in [2.05, 4.69) is 9.72 Å². The molecule has 0 saturated heterocycles. The highest BCUT2D eigenvalue weighted by Gasteiger charge is 2.35. The fourth-order valence-electron chi connectivity index (χ4n) is 1.93. The molecule has 0 bridgehead atoms. The van der Waals surface area contributed by atoms with Gasteiger partial charge in [0.15, 0.2) is 0 Å². The molecule has 1 aromatic carbocycles. The summed E-state index contributed by atoms with van der Waals surface area (Å²) in [5, 5.41) is 20.2. The van der Waals surface area contributed by atoms with Crippen molar-refractivity contribution in [2.75, 3.05) is 0 Å². The van der Waals surface area contributed by atoms with Crippen LogP contribution >= 0.6 is 11.6 Å². The lowest BCUT2D eigenvalue weighted by atomic mass is 10.0. The third kappa shape index (κ3) is 1.36. The van der Waals surface area contributed by atoms with Crippen molar-refractivity contribution < 1.29 is 19.7 Å². The summed E-state index contributed by atoms with van der Waals surface area (Å²) in [6.07, 6.45) is -1.38. The van der Waals surface area contributed by atoms with Crippen molar-refractivity contribution in [3.63, 3.8) is 0 Å². The first kappa shape index (κ1) is 10.3. The first-order chi connectivity index (χ1) is 8.08. The Morgan fingerprint density at radius 1 is 1.41 bits per heavy atom. The molecule has 17 heavy (non-hydrogen) atoms. The molecule has 1 atom stereocenters. The monoisotopic (exact) mass is 251 g/mol. The van der Waals surface area contributed by atoms with Gasteiger partial charge in [0.2, 0.25) is 12.2 Å². The number of rotatable bonds is 0. The van der Waals surface area contributed by atoms with Crippen molar-refractivity contribution in [3.8, 4) is 5.88 Å². The van der Waals surface area contributed by atoms with E-state index in [9.17, 15) is 15.0 Å². The van der Waals surface area contributed by atoms with Gasteiger partial charge in [0.1, 0.15) is 5.56 Å². The predicted octanol–water partition coefficient (Wildman–Crippen LogP) is 1.76. The molecule has 1 aromatic heterocycles. The van der Waals surface area contributed by atoms with Crippen molar-refractivity contribution in [3.05, 3.63) is 34.3 Å². The highest BCUT2D eigenvalue weighted by molar-refractivity contribution is 6.31. The third-order valence-electron chi connectivity index (χ3n) is 2.64. The summed E-state index contributed by atoms with van der Waals surface area (Å²) in [4.78, 5) is 15.3. The lowest BCUT2D eigenvalue weighted by Crippen LogP contribution is -1.96. The van der Waals surface area contributed by atoms with Crippen LogP contribution in [0.4, 0.5) is 0 Å². The largest absolute Gasteiger partial charge is 0.493 e. The second-order valence-electron chi connectivity index (χ2n) is 3.64. The van der Waals surface area contributed by atoms with Gasteiger partial charge in [-0.2, -0.15) is 0 Å². The molecule has 2 aromatic rings. The van der Waals surface area contributed by atoms with Crippen molar-refractivity contribution in [2.24, 2.45) is 0 Å². The molecular weight excluding hydrogens is 246 g/mol. The molecule has 0 spiro atoms. The first-order valence-electron chi connectivity index (χ1n) is 4.79. The summed E-state index contributed by atoms with van der Waals surface area (Å²) >= 11 is 5.80. The first-order valence-corrected chi connectivity index (χ1v) is 5.17. The number of hydrogen-bond acceptors (Lipinski definition) is 5. The van der Waals surface area contributed by atoms with E-state index >= 15 is 0 Å². The molecule has 0 saturated carbocycles. The number of carbonyl (C=O) groups is 1. The SMILES string of the molecule is O=C1OC(O)c2c1c(O)nc1cc(Cl)ccc21. The van der Waals surface area contributed by atoms with Crippen LogP contribution in [0.3, 0.4) is 0 Å². The molecule has 0 fully saturated rings. The normalized spacial score (nSPS) is 18.2. The van der Waals surface area contributed by atoms with Crippen LogP contribution in [-0.2, 0) is 4.74 Å². The lowest BCUT2D eigenvalue weighted by molar-refractivity contribution is -0.0540. The summed E-state index contributed by atoms with van der Waals surface area (Å²) in [6.45, 7) is 0. The number of aliphatic hydroxyl groups excluding tert-OH is 1. The van der Waals surface area contributed by atoms with Gasteiger partial charge in [-0.1, -0.05) is 17.7 Å². The summed E-state index contributed by atoms with van der Waals surface area (Å²) in [5.41, 5.74) is 0.535. The van der Waals surface area contributed by atoms with Crippen LogP contribution in [0.25, 0.3) is 10.9 Å². The minimum Gasteiger partial charge on any atom is -0.493 e. The molecule has 1 aliphatic heterocycles. The van der Waals surface area contributed by atoms with Gasteiger partial charge in [-0.25, -0.2) is 9.78 Å². The molecular formula is C11H6ClNO4. The summed E-state index contributed by atoms with van der Waals surface area (Å²) in [7, 11) is 0. The minimum atomic E-state index is -1.38. The Morgan fingerprint density at radius 3 is 2.94 bits per heavy atom. The van der Waals surface area contributed by atoms with E-state index in [0.717, 1.165) is 0 Å². The Hall–Kier alpha value is -1.85. The number of pyridine rings is 1. The molecule has 5 nitrogen and oxygen atoms in total. The van der Waals surface area contributed by atoms with E-state index < -0.39 is 18.1 Å². The second-order valence-corrected chi connectivity index (χ2v) is 4.08. The zero-order valence-electron chi connectivity index (χ0n) is 8.35. The number of nitrogens with zero attached hydrogens (tertiary/aromatic N) is 1. The predicted molar refractivity (Wildman–Crippen MR) is 58.8 cm³/mol. The standard InChI is InChI=1S/C11H6ClNO4/c12-4-1-2-5-6(3-4)13-9(14)8-7(5)10(15)17-11(8)16/h1-3,10,15H,(H,13,14). The number of aromatic nitrogens is 1. The molecule has 86 valence electrons. The van der Waals surface area contributed by atoms with Crippen LogP contribution in [-0.4, -0.2) is 21.2 Å². The Bertz CT molecular complexity index is 655. The average Bonchev–Trinajstić information content (AvgIpc) is 2.55. The van der Waals surface area contributed by atoms with Gasteiger partial charge in [0.25, 0.3) is 0 Å². The van der Waals surface area contributed by atoms with Gasteiger partial charge < -0.3 is 14.9 Å². The Kier molecular flexibility index (Phi) is 2.01. The number of aromatic hydroxyl groups is 1. The molecule has 0 radical (unpaired) electrons. The smallest absolute Gasteiger partial charge is 0.346 e. The van der Waals surface area contributed by atoms with Gasteiger partial charge in [-0.15, -0.1) is 0 Å². The number of cyclic esters (lactones) is 1. The van der Waals surface area contributed by atoms with Crippen LogP contribution in [0.1, 0.15) is 22.2 Å². The van der Waals surface area contributed by atoms with Crippen molar-refractivity contribution in [1.82, 2.24) is 4.98 Å². The van der Waals surface area contributed by atoms with Crippen LogP contribution in [0.15, 0.2) is 18.2 Å². The second kappa shape index (κ2) is 3.32. The molecule has 2 heterocycles. The number of aliphatic hydroxyl groups is 1. The average molecular weight is 252 g/mol. The van der Waals surface area contributed by atoms with Crippen molar-refractivity contribution >= 4 is 28.5 Å². The quantitative estimate of drug-likeness (QED) is 0.698. The fraction of sp³-hybridized carbons (Fsp3) is 0.0909. The number of fused-ring (bicyclic) bond motifs is 3. The Morgan fingerprint density at radius 2 is 2.18 bits per heavy atom. The number of halogens is 1. The molecule has 2 N–H and O–H groups in total. The maximum atomic E-state index is 11.4. The molecule has 0 aliphatic carbocycles. The molecule has 6 heteroatoms. The zero-order valence-corrected chi connectivity index (χ0v) is 9.10. The summed E-state index contributed by atoms with van der Waals surface area (Å²) in [5.74, 6) is -1.24. The Labute approximate surface area is 100 Å². The topological polar surface area (TPSA) is 79.7 Å². The molecule has 3 rings (SSSR count). The van der Waals surface area contributed by atoms with Gasteiger partial charge in [-0.3, -0.25) is 0 Å². The van der Waals surface area contributed by atoms with E-state index in [-0.39, 0.29) is 11.1 Å². The molecule has 1 aliphatic rings. The number of carbonyl (C=O) groups excluding carboxylic acids is 1. The highest BCUT2D eigenvalue weighted by atomic mass is 35.5. The number of hydrogen-bond donors (Lipinski definition) is 2. The van der Waals surface area contributed by atoms with E-state index in [0.29, 0.717) is 15.9 Å². The minimum absolute atomic E-state index is 0.0904. The number of esters is 1. The molecule has 0 amide bonds. The van der Waals surface area contributed by atoms with Crippen molar-refractivity contribution in [1.29, 1.82) is 0 Å². The van der Waals surface area contributed by atoms with E-state index in [1.54, 1.807) is 12.1 Å². The summed E-state index contributed by atoms with van der Waals surface area (Å²) in [6, 6.07) is 4.76. The van der Waals surface area contributed by atoms with Crippen LogP contribution < -0.4 is 0 Å². The van der Waals surface area contributed by atoms with E-state index in [1.807, 2.05) is 0 Å². The van der Waals surface area contributed by atoms with Gasteiger partial charge >= 0.3 is 5.97 Å². The maximum absolute atomic E-state index is 11.4. The third-order valence-corrected chi connectivity index (χ3v) is 2.87. The fourth-order valence-corrected chi connectivity index (χ4v) is 2.09.